The molecule has 0 aliphatic heterocycles. The number of hydrogen-bond donors (Lipinski definition) is 1. The van der Waals surface area contributed by atoms with E-state index in [4.69, 9.17) is 4.74 Å². The fraction of sp³-hybridized carbons (Fsp3) is 0.158. The van der Waals surface area contributed by atoms with Crippen LogP contribution in [0.25, 0.3) is 6.08 Å². The smallest absolute Gasteiger partial charge is 0.331 e. The van der Waals surface area contributed by atoms with Crippen molar-refractivity contribution in [3.63, 3.8) is 0 Å². The van der Waals surface area contributed by atoms with Crippen LogP contribution in [0.3, 0.4) is 0 Å². The van der Waals surface area contributed by atoms with Crippen LogP contribution in [0.15, 0.2) is 48.5 Å². The second kappa shape index (κ2) is 8.06. The summed E-state index contributed by atoms with van der Waals surface area (Å²) in [6.07, 6.45) is 2.58. The first-order chi connectivity index (χ1) is 11.5. The molecule has 0 saturated heterocycles. The third-order valence-corrected chi connectivity index (χ3v) is 3.35. The topological polar surface area (TPSA) is 55.4 Å². The number of nitrogens with one attached hydrogen (secondary N) is 1. The van der Waals surface area contributed by atoms with Crippen LogP contribution < -0.4 is 5.32 Å². The van der Waals surface area contributed by atoms with Gasteiger partial charge < -0.3 is 10.1 Å². The van der Waals surface area contributed by atoms with Gasteiger partial charge in [-0.25, -0.2) is 9.18 Å². The third kappa shape index (κ3) is 5.05. The van der Waals surface area contributed by atoms with Gasteiger partial charge in [0.05, 0.1) is 0 Å². The van der Waals surface area contributed by atoms with Crippen LogP contribution in [0.2, 0.25) is 0 Å². The van der Waals surface area contributed by atoms with Gasteiger partial charge in [-0.15, -0.1) is 0 Å². The van der Waals surface area contributed by atoms with Crippen molar-refractivity contribution in [1.29, 1.82) is 0 Å². The van der Waals surface area contributed by atoms with E-state index in [1.165, 1.54) is 24.3 Å². The number of para-hydroxylation sites is 1. The second-order valence-electron chi connectivity index (χ2n) is 5.31. The molecule has 0 unspecified atom stereocenters. The number of ether oxygens (including phenoxy) is 1. The summed E-state index contributed by atoms with van der Waals surface area (Å²) in [6, 6.07) is 11.5. The number of halogens is 1. The maximum atomic E-state index is 13.0. The first-order valence-electron chi connectivity index (χ1n) is 7.42. The highest BCUT2D eigenvalue weighted by molar-refractivity contribution is 5.95. The summed E-state index contributed by atoms with van der Waals surface area (Å²) in [5.74, 6) is -1.48. The van der Waals surface area contributed by atoms with Gasteiger partial charge in [0.1, 0.15) is 5.82 Å². The van der Waals surface area contributed by atoms with Crippen LogP contribution in [-0.2, 0) is 14.3 Å². The molecule has 0 atom stereocenters. The zero-order chi connectivity index (χ0) is 17.5. The molecule has 0 aromatic heterocycles. The minimum absolute atomic E-state index is 0.389. The Balaban J connectivity index is 1.86. The minimum Gasteiger partial charge on any atom is -0.452 e. The summed E-state index contributed by atoms with van der Waals surface area (Å²) in [5, 5.41) is 2.73. The molecule has 0 aliphatic carbocycles. The highest BCUT2D eigenvalue weighted by Gasteiger charge is 2.09. The van der Waals surface area contributed by atoms with Crippen LogP contribution in [0.4, 0.5) is 10.1 Å². The van der Waals surface area contributed by atoms with Crippen LogP contribution in [-0.4, -0.2) is 18.5 Å². The standard InChI is InChI=1S/C19H18FNO3/c1-13-5-3-6-14(2)19(13)21-17(22)12-24-18(23)10-9-15-7-4-8-16(20)11-15/h3-11H,12H2,1-2H3,(H,21,22)/b10-9+. The maximum absolute atomic E-state index is 13.0. The molecule has 0 heterocycles. The Morgan fingerprint density at radius 1 is 1.12 bits per heavy atom. The minimum atomic E-state index is -0.670. The molecule has 2 rings (SSSR count). The number of esters is 1. The SMILES string of the molecule is Cc1cccc(C)c1NC(=O)COC(=O)/C=C/c1cccc(F)c1. The van der Waals surface area contributed by atoms with Crippen molar-refractivity contribution in [2.24, 2.45) is 0 Å². The molecule has 0 bridgehead atoms. The summed E-state index contributed by atoms with van der Waals surface area (Å²) < 4.78 is 17.9. The molecule has 2 aromatic rings. The number of aryl methyl sites for hydroxylation is 2. The molecule has 124 valence electrons. The van der Waals surface area contributed by atoms with E-state index in [2.05, 4.69) is 5.32 Å². The normalized spacial score (nSPS) is 10.6. The number of amides is 1. The van der Waals surface area contributed by atoms with Gasteiger partial charge in [-0.05, 0) is 48.7 Å². The van der Waals surface area contributed by atoms with Gasteiger partial charge in [0.2, 0.25) is 0 Å². The van der Waals surface area contributed by atoms with Crippen LogP contribution >= 0.6 is 0 Å². The Morgan fingerprint density at radius 2 is 1.79 bits per heavy atom. The molecule has 2 aromatic carbocycles. The molecule has 0 fully saturated rings. The molecule has 4 nitrogen and oxygen atoms in total. The van der Waals surface area contributed by atoms with Crippen LogP contribution in [0.1, 0.15) is 16.7 Å². The van der Waals surface area contributed by atoms with Crippen molar-refractivity contribution in [1.82, 2.24) is 0 Å². The predicted molar refractivity (Wildman–Crippen MR) is 90.9 cm³/mol. The van der Waals surface area contributed by atoms with E-state index >= 15 is 0 Å². The quantitative estimate of drug-likeness (QED) is 0.674. The number of rotatable bonds is 5. The van der Waals surface area contributed by atoms with Gasteiger partial charge in [0, 0.05) is 11.8 Å². The van der Waals surface area contributed by atoms with Gasteiger partial charge in [-0.1, -0.05) is 30.3 Å². The van der Waals surface area contributed by atoms with E-state index in [0.717, 1.165) is 17.2 Å². The highest BCUT2D eigenvalue weighted by Crippen LogP contribution is 2.19. The van der Waals surface area contributed by atoms with Crippen molar-refractivity contribution in [2.75, 3.05) is 11.9 Å². The van der Waals surface area contributed by atoms with E-state index < -0.39 is 17.7 Å². The van der Waals surface area contributed by atoms with E-state index in [-0.39, 0.29) is 6.61 Å². The third-order valence-electron chi connectivity index (χ3n) is 3.35. The molecule has 0 spiro atoms. The van der Waals surface area contributed by atoms with Crippen molar-refractivity contribution in [2.45, 2.75) is 13.8 Å². The number of carbonyl (C=O) groups is 2. The number of anilines is 1. The lowest BCUT2D eigenvalue weighted by Gasteiger charge is -2.11. The van der Waals surface area contributed by atoms with E-state index in [1.807, 2.05) is 32.0 Å². The van der Waals surface area contributed by atoms with Crippen molar-refractivity contribution in [3.05, 3.63) is 71.0 Å². The van der Waals surface area contributed by atoms with Gasteiger partial charge in [0.15, 0.2) is 6.61 Å². The molecular weight excluding hydrogens is 309 g/mol. The summed E-state index contributed by atoms with van der Waals surface area (Å²) >= 11 is 0. The van der Waals surface area contributed by atoms with Crippen molar-refractivity contribution < 1.29 is 18.7 Å². The van der Waals surface area contributed by atoms with Crippen LogP contribution in [0, 0.1) is 19.7 Å². The zero-order valence-corrected chi connectivity index (χ0v) is 13.5. The zero-order valence-electron chi connectivity index (χ0n) is 13.5. The first-order valence-corrected chi connectivity index (χ1v) is 7.42. The lowest BCUT2D eigenvalue weighted by Crippen LogP contribution is -2.21. The Morgan fingerprint density at radius 3 is 2.46 bits per heavy atom. The maximum Gasteiger partial charge on any atom is 0.331 e. The van der Waals surface area contributed by atoms with Crippen molar-refractivity contribution in [3.8, 4) is 0 Å². The second-order valence-corrected chi connectivity index (χ2v) is 5.31. The average molecular weight is 327 g/mol. The number of hydrogen-bond acceptors (Lipinski definition) is 3. The fourth-order valence-corrected chi connectivity index (χ4v) is 2.15. The van der Waals surface area contributed by atoms with Crippen LogP contribution in [0.5, 0.6) is 0 Å². The summed E-state index contributed by atoms with van der Waals surface area (Å²) in [4.78, 5) is 23.5. The molecule has 0 saturated carbocycles. The fourth-order valence-electron chi connectivity index (χ4n) is 2.15. The van der Waals surface area contributed by atoms with E-state index in [9.17, 15) is 14.0 Å². The lowest BCUT2D eigenvalue weighted by atomic mass is 10.1. The molecule has 1 amide bonds. The average Bonchev–Trinajstić information content (AvgIpc) is 2.54. The Labute approximate surface area is 140 Å². The van der Waals surface area contributed by atoms with Gasteiger partial charge >= 0.3 is 5.97 Å². The van der Waals surface area contributed by atoms with E-state index in [1.54, 1.807) is 6.07 Å². The Kier molecular flexibility index (Phi) is 5.84. The molecule has 1 N–H and O–H groups in total. The van der Waals surface area contributed by atoms with Gasteiger partial charge in [-0.2, -0.15) is 0 Å². The predicted octanol–water partition coefficient (Wildman–Crippen LogP) is 3.64. The molecular formula is C19H18FNO3. The molecule has 24 heavy (non-hydrogen) atoms. The molecule has 0 radical (unpaired) electrons. The monoisotopic (exact) mass is 327 g/mol. The molecule has 5 heteroatoms. The Hall–Kier alpha value is -2.95. The summed E-state index contributed by atoms with van der Waals surface area (Å²) in [6.45, 7) is 3.38. The number of carbonyl (C=O) groups excluding carboxylic acids is 2. The van der Waals surface area contributed by atoms with Gasteiger partial charge in [-0.3, -0.25) is 4.79 Å². The lowest BCUT2D eigenvalue weighted by molar-refractivity contribution is -0.142. The highest BCUT2D eigenvalue weighted by atomic mass is 19.1. The van der Waals surface area contributed by atoms with Gasteiger partial charge in [0.25, 0.3) is 5.91 Å². The summed E-state index contributed by atoms with van der Waals surface area (Å²) in [7, 11) is 0. The summed E-state index contributed by atoms with van der Waals surface area (Å²) in [5.41, 5.74) is 3.11. The largest absolute Gasteiger partial charge is 0.452 e. The van der Waals surface area contributed by atoms with Crippen molar-refractivity contribution >= 4 is 23.6 Å². The Bertz CT molecular complexity index is 764. The number of benzene rings is 2. The molecule has 0 aliphatic rings. The first kappa shape index (κ1) is 17.4. The van der Waals surface area contributed by atoms with E-state index in [0.29, 0.717) is 11.3 Å².